The van der Waals surface area contributed by atoms with Gasteiger partial charge in [0, 0.05) is 12.2 Å². The highest BCUT2D eigenvalue weighted by Gasteiger charge is 2.13. The molecule has 1 atom stereocenters. The van der Waals surface area contributed by atoms with E-state index in [-0.39, 0.29) is 0 Å². The summed E-state index contributed by atoms with van der Waals surface area (Å²) in [7, 11) is 0. The minimum Gasteiger partial charge on any atom is -0.389 e. The van der Waals surface area contributed by atoms with Gasteiger partial charge in [-0.3, -0.25) is 0 Å². The second-order valence-corrected chi connectivity index (χ2v) is 8.59. The summed E-state index contributed by atoms with van der Waals surface area (Å²) in [6.45, 7) is 20.8. The zero-order valence-electron chi connectivity index (χ0n) is 20.3. The first kappa shape index (κ1) is 26.0. The van der Waals surface area contributed by atoms with Gasteiger partial charge in [-0.25, -0.2) is 0 Å². The Balaban J connectivity index is 2.87. The molecule has 0 amide bonds. The molecule has 1 heteroatoms. The third-order valence-corrected chi connectivity index (χ3v) is 5.85. The van der Waals surface area contributed by atoms with Gasteiger partial charge in [-0.15, -0.1) is 0 Å². The Bertz CT molecular complexity index is 720. The van der Waals surface area contributed by atoms with Crippen molar-refractivity contribution in [2.24, 2.45) is 5.92 Å². The van der Waals surface area contributed by atoms with E-state index in [1.54, 1.807) is 0 Å². The second kappa shape index (κ2) is 14.9. The molecule has 0 aliphatic rings. The molecule has 0 heterocycles. The molecule has 0 fully saturated rings. The van der Waals surface area contributed by atoms with E-state index in [4.69, 9.17) is 0 Å². The third-order valence-electron chi connectivity index (χ3n) is 5.85. The average molecular weight is 408 g/mol. The molecule has 0 spiro atoms. The van der Waals surface area contributed by atoms with Crippen molar-refractivity contribution in [2.45, 2.75) is 86.0 Å². The normalized spacial score (nSPS) is 13.2. The number of benzene rings is 1. The van der Waals surface area contributed by atoms with E-state index in [1.165, 1.54) is 60.1 Å². The molecular weight excluding hydrogens is 362 g/mol. The van der Waals surface area contributed by atoms with Crippen LogP contribution in [0.4, 0.5) is 0 Å². The Hall–Kier alpha value is -2.02. The zero-order valence-corrected chi connectivity index (χ0v) is 20.3. The fourth-order valence-electron chi connectivity index (χ4n) is 3.64. The van der Waals surface area contributed by atoms with Gasteiger partial charge >= 0.3 is 0 Å². The van der Waals surface area contributed by atoms with Crippen LogP contribution >= 0.6 is 0 Å². The summed E-state index contributed by atoms with van der Waals surface area (Å²) >= 11 is 0. The van der Waals surface area contributed by atoms with Crippen molar-refractivity contribution in [1.82, 2.24) is 5.32 Å². The highest BCUT2D eigenvalue weighted by Crippen LogP contribution is 2.31. The Labute approximate surface area is 187 Å². The van der Waals surface area contributed by atoms with Crippen molar-refractivity contribution in [1.29, 1.82) is 0 Å². The molecule has 30 heavy (non-hydrogen) atoms. The van der Waals surface area contributed by atoms with Gasteiger partial charge in [-0.05, 0) is 74.1 Å². The standard InChI is InChI=1S/C29H45N/c1-8-11-16-26(7)30-22-27(17-12-9-2)20-19-25(6)29(21-23(4)10-3)28-18-14-13-15-24(28)5/h13-16,18,21,27,30H,4,6,8-12,17,19-20,22H2,1-3,5,7H3/b26-16+,29-21-/t27-/m0/s1. The van der Waals surface area contributed by atoms with Gasteiger partial charge in [0.05, 0.1) is 0 Å². The van der Waals surface area contributed by atoms with E-state index in [0.29, 0.717) is 5.92 Å². The molecule has 0 bridgehead atoms. The third kappa shape index (κ3) is 9.65. The van der Waals surface area contributed by atoms with Crippen LogP contribution in [-0.4, -0.2) is 6.54 Å². The molecule has 1 N–H and O–H groups in total. The average Bonchev–Trinajstić information content (AvgIpc) is 2.75. The molecule has 0 aromatic heterocycles. The van der Waals surface area contributed by atoms with Gasteiger partial charge in [0.2, 0.25) is 0 Å². The number of nitrogens with one attached hydrogen (secondary N) is 1. The maximum Gasteiger partial charge on any atom is 0.0172 e. The van der Waals surface area contributed by atoms with Crippen LogP contribution in [0.2, 0.25) is 0 Å². The summed E-state index contributed by atoms with van der Waals surface area (Å²) in [4.78, 5) is 0. The van der Waals surface area contributed by atoms with Crippen molar-refractivity contribution in [3.63, 3.8) is 0 Å². The lowest BCUT2D eigenvalue weighted by Gasteiger charge is -2.21. The highest BCUT2D eigenvalue weighted by molar-refractivity contribution is 5.81. The molecule has 166 valence electrons. The van der Waals surface area contributed by atoms with E-state index >= 15 is 0 Å². The Morgan fingerprint density at radius 1 is 1.07 bits per heavy atom. The predicted octanol–water partition coefficient (Wildman–Crippen LogP) is 8.78. The minimum atomic E-state index is 0.680. The van der Waals surface area contributed by atoms with Crippen LogP contribution in [0.5, 0.6) is 0 Å². The Morgan fingerprint density at radius 3 is 2.43 bits per heavy atom. The zero-order chi connectivity index (χ0) is 22.4. The van der Waals surface area contributed by atoms with E-state index in [2.05, 4.69) is 89.5 Å². The summed E-state index contributed by atoms with van der Waals surface area (Å²) in [6.07, 6.45) is 13.9. The van der Waals surface area contributed by atoms with E-state index in [1.807, 2.05) is 0 Å². The SMILES string of the molecule is C=C(/C=C(/C(=C)CC[C@H](CCCC)CN/C(C)=C/CCC)c1ccccc1C)CC. The van der Waals surface area contributed by atoms with Gasteiger partial charge in [-0.1, -0.05) is 95.2 Å². The van der Waals surface area contributed by atoms with E-state index < -0.39 is 0 Å². The summed E-state index contributed by atoms with van der Waals surface area (Å²) < 4.78 is 0. The van der Waals surface area contributed by atoms with Crippen LogP contribution in [0.1, 0.15) is 90.2 Å². The molecule has 1 rings (SSSR count). The summed E-state index contributed by atoms with van der Waals surface area (Å²) in [6, 6.07) is 8.63. The Kier molecular flexibility index (Phi) is 12.9. The largest absolute Gasteiger partial charge is 0.389 e. The van der Waals surface area contributed by atoms with Crippen molar-refractivity contribution in [3.8, 4) is 0 Å². The summed E-state index contributed by atoms with van der Waals surface area (Å²) in [5, 5.41) is 3.66. The number of aryl methyl sites for hydroxylation is 1. The molecule has 0 radical (unpaired) electrons. The lowest BCUT2D eigenvalue weighted by molar-refractivity contribution is 0.420. The maximum absolute atomic E-state index is 4.51. The number of rotatable bonds is 15. The second-order valence-electron chi connectivity index (χ2n) is 8.59. The fourth-order valence-corrected chi connectivity index (χ4v) is 3.64. The van der Waals surface area contributed by atoms with Crippen LogP contribution < -0.4 is 5.32 Å². The predicted molar refractivity (Wildman–Crippen MR) is 137 cm³/mol. The molecular formula is C29H45N. The fraction of sp³-hybridized carbons (Fsp3) is 0.517. The van der Waals surface area contributed by atoms with Gasteiger partial charge < -0.3 is 5.32 Å². The summed E-state index contributed by atoms with van der Waals surface area (Å²) in [5.74, 6) is 0.680. The van der Waals surface area contributed by atoms with Crippen LogP contribution in [0.25, 0.3) is 5.57 Å². The van der Waals surface area contributed by atoms with E-state index in [0.717, 1.165) is 31.4 Å². The molecule has 1 nitrogen and oxygen atoms in total. The van der Waals surface area contributed by atoms with Crippen LogP contribution in [0.3, 0.4) is 0 Å². The topological polar surface area (TPSA) is 12.0 Å². The monoisotopic (exact) mass is 407 g/mol. The first-order valence-electron chi connectivity index (χ1n) is 12.0. The summed E-state index contributed by atoms with van der Waals surface area (Å²) in [5.41, 5.74) is 7.57. The minimum absolute atomic E-state index is 0.680. The highest BCUT2D eigenvalue weighted by atomic mass is 14.9. The van der Waals surface area contributed by atoms with Gasteiger partial charge in [0.1, 0.15) is 0 Å². The Morgan fingerprint density at radius 2 is 1.80 bits per heavy atom. The first-order chi connectivity index (χ1) is 14.4. The molecule has 0 aliphatic carbocycles. The van der Waals surface area contributed by atoms with Gasteiger partial charge in [0.15, 0.2) is 0 Å². The number of hydrogen-bond donors (Lipinski definition) is 1. The van der Waals surface area contributed by atoms with Crippen molar-refractivity contribution >= 4 is 5.57 Å². The molecule has 0 saturated carbocycles. The molecule has 0 aliphatic heterocycles. The quantitative estimate of drug-likeness (QED) is 0.286. The maximum atomic E-state index is 4.51. The molecule has 0 saturated heterocycles. The van der Waals surface area contributed by atoms with Crippen molar-refractivity contribution in [2.75, 3.05) is 6.54 Å². The van der Waals surface area contributed by atoms with Crippen molar-refractivity contribution in [3.05, 3.63) is 77.5 Å². The number of unbranched alkanes of at least 4 members (excludes halogenated alkanes) is 2. The molecule has 0 unspecified atom stereocenters. The molecule has 1 aromatic rings. The van der Waals surface area contributed by atoms with Crippen molar-refractivity contribution < 1.29 is 0 Å². The lowest BCUT2D eigenvalue weighted by atomic mass is 9.87. The van der Waals surface area contributed by atoms with Crippen LogP contribution in [0, 0.1) is 12.8 Å². The number of allylic oxidation sites excluding steroid dienone is 6. The van der Waals surface area contributed by atoms with E-state index in [9.17, 15) is 0 Å². The lowest BCUT2D eigenvalue weighted by Crippen LogP contribution is -2.21. The number of hydrogen-bond acceptors (Lipinski definition) is 1. The van der Waals surface area contributed by atoms with Gasteiger partial charge in [0.25, 0.3) is 0 Å². The van der Waals surface area contributed by atoms with Gasteiger partial charge in [-0.2, -0.15) is 0 Å². The molecule has 1 aromatic carbocycles. The first-order valence-corrected chi connectivity index (χ1v) is 12.0. The van der Waals surface area contributed by atoms with Crippen LogP contribution in [0.15, 0.2) is 66.4 Å². The van der Waals surface area contributed by atoms with Crippen LogP contribution in [-0.2, 0) is 0 Å². The smallest absolute Gasteiger partial charge is 0.0172 e.